The Bertz CT molecular complexity index is 315. The smallest absolute Gasteiger partial charge is 0.329 e. The lowest BCUT2D eigenvalue weighted by Gasteiger charge is -2.17. The van der Waals surface area contributed by atoms with Gasteiger partial charge < -0.3 is 5.73 Å². The molecule has 0 amide bonds. The van der Waals surface area contributed by atoms with Crippen molar-refractivity contribution in [3.63, 3.8) is 0 Å². The minimum absolute atomic E-state index is 0.311. The van der Waals surface area contributed by atoms with Crippen LogP contribution in [0.2, 0.25) is 0 Å². The van der Waals surface area contributed by atoms with Crippen LogP contribution in [0.25, 0.3) is 0 Å². The predicted molar refractivity (Wildman–Crippen MR) is 56.7 cm³/mol. The molecule has 2 nitrogen and oxygen atoms in total. The van der Waals surface area contributed by atoms with Crippen molar-refractivity contribution in [2.24, 2.45) is 5.73 Å². The second kappa shape index (κ2) is 5.18. The lowest BCUT2D eigenvalue weighted by molar-refractivity contribution is -0.126. The Morgan fingerprint density at radius 1 is 1.47 bits per heavy atom. The van der Waals surface area contributed by atoms with Crippen molar-refractivity contribution in [3.8, 4) is 0 Å². The second-order valence-corrected chi connectivity index (χ2v) is 4.84. The lowest BCUT2D eigenvalue weighted by atomic mass is 10.4. The molecule has 1 rings (SSSR count). The summed E-state index contributed by atoms with van der Waals surface area (Å²) in [6.45, 7) is -0.452. The van der Waals surface area contributed by atoms with E-state index in [1.807, 2.05) is 0 Å². The summed E-state index contributed by atoms with van der Waals surface area (Å²) in [7, 11) is 0. The first-order valence-electron chi connectivity index (χ1n) is 3.98. The highest BCUT2D eigenvalue weighted by atomic mass is 79.9. The number of hydrogen-bond donors (Lipinski definition) is 1. The van der Waals surface area contributed by atoms with Gasteiger partial charge in [0.25, 0.3) is 0 Å². The Kier molecular flexibility index (Phi) is 4.42. The van der Waals surface area contributed by atoms with Crippen LogP contribution >= 0.6 is 27.7 Å². The van der Waals surface area contributed by atoms with E-state index in [2.05, 4.69) is 20.9 Å². The summed E-state index contributed by atoms with van der Waals surface area (Å²) >= 11 is 3.77. The Labute approximate surface area is 97.6 Å². The van der Waals surface area contributed by atoms with Crippen LogP contribution in [0.3, 0.4) is 0 Å². The summed E-state index contributed by atoms with van der Waals surface area (Å²) in [5, 5.41) is -1.29. The molecular weight excluding hydrogens is 293 g/mol. The first kappa shape index (κ1) is 12.8. The van der Waals surface area contributed by atoms with Gasteiger partial charge in [-0.3, -0.25) is 0 Å². The topological polar surface area (TPSA) is 38.9 Å². The Morgan fingerprint density at radius 2 is 2.13 bits per heavy atom. The molecule has 0 aliphatic carbocycles. The number of thioether (sulfide) groups is 1. The Morgan fingerprint density at radius 3 is 2.53 bits per heavy atom. The number of nitrogens with zero attached hydrogens (tertiary/aromatic N) is 1. The zero-order chi connectivity index (χ0) is 11.5. The van der Waals surface area contributed by atoms with Crippen molar-refractivity contribution in [2.45, 2.75) is 16.5 Å². The van der Waals surface area contributed by atoms with E-state index in [-0.39, 0.29) is 0 Å². The zero-order valence-electron chi connectivity index (χ0n) is 7.46. The van der Waals surface area contributed by atoms with Gasteiger partial charge in [-0.25, -0.2) is 4.98 Å². The van der Waals surface area contributed by atoms with Gasteiger partial charge in [0, 0.05) is 17.2 Å². The van der Waals surface area contributed by atoms with E-state index in [0.29, 0.717) is 16.8 Å². The maximum atomic E-state index is 12.3. The highest BCUT2D eigenvalue weighted by Crippen LogP contribution is 2.33. The third-order valence-corrected chi connectivity index (χ3v) is 3.24. The zero-order valence-corrected chi connectivity index (χ0v) is 9.86. The standard InChI is InChI=1S/C8H8BrF3N2S/c9-5-1-2-7(14-4-5)15-6(3-13)8(10,11)12/h1-2,4,6H,3,13H2. The molecule has 0 radical (unpaired) electrons. The van der Waals surface area contributed by atoms with Crippen molar-refractivity contribution >= 4 is 27.7 Å². The van der Waals surface area contributed by atoms with Gasteiger partial charge in [0.1, 0.15) is 5.25 Å². The van der Waals surface area contributed by atoms with Crippen molar-refractivity contribution in [1.82, 2.24) is 4.98 Å². The van der Waals surface area contributed by atoms with Crippen molar-refractivity contribution in [3.05, 3.63) is 22.8 Å². The van der Waals surface area contributed by atoms with Gasteiger partial charge in [-0.05, 0) is 28.1 Å². The number of aromatic nitrogens is 1. The molecule has 0 bridgehead atoms. The summed E-state index contributed by atoms with van der Waals surface area (Å²) in [4.78, 5) is 3.84. The highest BCUT2D eigenvalue weighted by molar-refractivity contribution is 9.10. The molecule has 0 aliphatic heterocycles. The summed E-state index contributed by atoms with van der Waals surface area (Å²) in [5.74, 6) is 0. The first-order valence-corrected chi connectivity index (χ1v) is 5.65. The van der Waals surface area contributed by atoms with Crippen LogP contribution in [0.5, 0.6) is 0 Å². The molecule has 1 aromatic rings. The maximum absolute atomic E-state index is 12.3. The number of hydrogen-bond acceptors (Lipinski definition) is 3. The van der Waals surface area contributed by atoms with E-state index >= 15 is 0 Å². The van der Waals surface area contributed by atoms with E-state index in [0.717, 1.165) is 4.47 Å². The van der Waals surface area contributed by atoms with Crippen LogP contribution in [0.15, 0.2) is 27.8 Å². The Hall–Kier alpha value is -0.270. The monoisotopic (exact) mass is 300 g/mol. The van der Waals surface area contributed by atoms with Crippen LogP contribution < -0.4 is 5.73 Å². The third kappa shape index (κ3) is 4.00. The summed E-state index contributed by atoms with van der Waals surface area (Å²) in [5.41, 5.74) is 5.06. The van der Waals surface area contributed by atoms with Gasteiger partial charge >= 0.3 is 6.18 Å². The van der Waals surface area contributed by atoms with Gasteiger partial charge in [0.2, 0.25) is 0 Å². The molecule has 84 valence electrons. The Balaban J connectivity index is 2.71. The van der Waals surface area contributed by atoms with E-state index in [9.17, 15) is 13.2 Å². The summed E-state index contributed by atoms with van der Waals surface area (Å²) in [6.07, 6.45) is -2.85. The molecule has 0 aliphatic rings. The van der Waals surface area contributed by atoms with E-state index in [4.69, 9.17) is 5.73 Å². The SMILES string of the molecule is NCC(Sc1ccc(Br)cn1)C(F)(F)F. The van der Waals surface area contributed by atoms with Crippen LogP contribution in [0.4, 0.5) is 13.2 Å². The van der Waals surface area contributed by atoms with Crippen LogP contribution in [0.1, 0.15) is 0 Å². The molecule has 0 aromatic carbocycles. The molecule has 1 unspecified atom stereocenters. The number of rotatable bonds is 3. The fourth-order valence-corrected chi connectivity index (χ4v) is 1.84. The average molecular weight is 301 g/mol. The molecule has 15 heavy (non-hydrogen) atoms. The van der Waals surface area contributed by atoms with Gasteiger partial charge in [-0.1, -0.05) is 11.8 Å². The molecule has 0 fully saturated rings. The lowest BCUT2D eigenvalue weighted by Crippen LogP contribution is -2.33. The van der Waals surface area contributed by atoms with Gasteiger partial charge in [-0.15, -0.1) is 0 Å². The molecular formula is C8H8BrF3N2S. The van der Waals surface area contributed by atoms with Gasteiger partial charge in [-0.2, -0.15) is 13.2 Å². The molecule has 0 saturated heterocycles. The number of pyridine rings is 1. The minimum atomic E-state index is -4.30. The number of nitrogens with two attached hydrogens (primary N) is 1. The molecule has 2 N–H and O–H groups in total. The average Bonchev–Trinajstić information content (AvgIpc) is 2.15. The fourth-order valence-electron chi connectivity index (χ4n) is 0.826. The molecule has 0 saturated carbocycles. The van der Waals surface area contributed by atoms with Crippen molar-refractivity contribution < 1.29 is 13.2 Å². The minimum Gasteiger partial charge on any atom is -0.329 e. The van der Waals surface area contributed by atoms with E-state index in [1.165, 1.54) is 12.3 Å². The molecule has 7 heteroatoms. The largest absolute Gasteiger partial charge is 0.402 e. The molecule has 1 aromatic heterocycles. The summed E-state index contributed by atoms with van der Waals surface area (Å²) < 4.78 is 37.8. The molecule has 0 spiro atoms. The van der Waals surface area contributed by atoms with E-state index < -0.39 is 18.0 Å². The van der Waals surface area contributed by atoms with Gasteiger partial charge in [0.15, 0.2) is 0 Å². The highest BCUT2D eigenvalue weighted by Gasteiger charge is 2.39. The molecule has 1 heterocycles. The van der Waals surface area contributed by atoms with Crippen molar-refractivity contribution in [1.29, 1.82) is 0 Å². The molecule has 1 atom stereocenters. The van der Waals surface area contributed by atoms with Crippen LogP contribution in [0, 0.1) is 0 Å². The van der Waals surface area contributed by atoms with Crippen LogP contribution in [-0.4, -0.2) is 23.0 Å². The normalized spacial score (nSPS) is 13.9. The fraction of sp³-hybridized carbons (Fsp3) is 0.375. The second-order valence-electron chi connectivity index (χ2n) is 2.70. The predicted octanol–water partition coefficient (Wildman–Crippen LogP) is 2.83. The van der Waals surface area contributed by atoms with E-state index in [1.54, 1.807) is 6.07 Å². The third-order valence-electron chi connectivity index (χ3n) is 1.54. The first-order chi connectivity index (χ1) is 6.93. The number of halogens is 4. The maximum Gasteiger partial charge on any atom is 0.402 e. The van der Waals surface area contributed by atoms with Gasteiger partial charge in [0.05, 0.1) is 5.03 Å². The number of alkyl halides is 3. The summed E-state index contributed by atoms with van der Waals surface area (Å²) in [6, 6.07) is 3.16. The van der Waals surface area contributed by atoms with Crippen LogP contribution in [-0.2, 0) is 0 Å². The van der Waals surface area contributed by atoms with Crippen molar-refractivity contribution in [2.75, 3.05) is 6.54 Å². The quantitative estimate of drug-likeness (QED) is 0.873.